The first-order chi connectivity index (χ1) is 13.5. The number of anilines is 2. The Morgan fingerprint density at radius 1 is 1.32 bits per heavy atom. The van der Waals surface area contributed by atoms with Crippen LogP contribution in [0.4, 0.5) is 17.3 Å². The number of thioether (sulfide) groups is 1. The lowest BCUT2D eigenvalue weighted by molar-refractivity contribution is -0.384. The van der Waals surface area contributed by atoms with E-state index in [1.165, 1.54) is 23.9 Å². The first-order valence-corrected chi connectivity index (χ1v) is 8.84. The van der Waals surface area contributed by atoms with Crippen molar-refractivity contribution < 1.29 is 9.72 Å². The molecule has 4 N–H and O–H groups in total. The number of aromatic amines is 1. The van der Waals surface area contributed by atoms with Crippen molar-refractivity contribution in [1.29, 1.82) is 5.26 Å². The number of nitro benzene ring substituents is 1. The van der Waals surface area contributed by atoms with E-state index in [9.17, 15) is 14.9 Å². The number of hydrogen-bond donors (Lipinski definition) is 3. The molecule has 0 unspecified atom stereocenters. The number of benzene rings is 2. The molecule has 0 aliphatic carbocycles. The molecule has 0 fully saturated rings. The van der Waals surface area contributed by atoms with E-state index in [-0.39, 0.29) is 22.9 Å². The van der Waals surface area contributed by atoms with Crippen molar-refractivity contribution >= 4 is 35.0 Å². The summed E-state index contributed by atoms with van der Waals surface area (Å²) in [4.78, 5) is 26.6. The first-order valence-electron chi connectivity index (χ1n) is 7.86. The maximum atomic E-state index is 12.4. The second-order valence-corrected chi connectivity index (χ2v) is 6.48. The van der Waals surface area contributed by atoms with Gasteiger partial charge in [0.2, 0.25) is 11.1 Å². The zero-order valence-corrected chi connectivity index (χ0v) is 15.1. The molecule has 0 saturated carbocycles. The second-order valence-electron chi connectivity index (χ2n) is 5.54. The van der Waals surface area contributed by atoms with E-state index < -0.39 is 10.8 Å². The van der Waals surface area contributed by atoms with Crippen molar-refractivity contribution in [3.63, 3.8) is 0 Å². The number of hydrogen-bond acceptors (Lipinski definition) is 8. The highest BCUT2D eigenvalue weighted by atomic mass is 32.2. The third-order valence-corrected chi connectivity index (χ3v) is 4.57. The van der Waals surface area contributed by atoms with Gasteiger partial charge in [0.1, 0.15) is 6.07 Å². The maximum absolute atomic E-state index is 12.4. The molecule has 0 aliphatic rings. The molecule has 140 valence electrons. The number of nitrogens with zero attached hydrogens (tertiary/aromatic N) is 4. The Morgan fingerprint density at radius 3 is 2.68 bits per heavy atom. The lowest BCUT2D eigenvalue weighted by atomic mass is 10.1. The standard InChI is InChI=1S/C17H13N7O3S/c18-8-12-7-13(24(26)27)5-6-14(12)20-15(25)11-3-1-10(2-4-11)9-28-17-21-16(19)22-23-17/h1-7H,9H2,(H,20,25)(H3,19,21,22,23). The number of nitrogens with one attached hydrogen (secondary N) is 2. The molecule has 3 aromatic rings. The highest BCUT2D eigenvalue weighted by molar-refractivity contribution is 7.98. The molecule has 0 atom stereocenters. The Balaban J connectivity index is 1.66. The molecule has 2 aromatic carbocycles. The number of nitrogens with two attached hydrogens (primary N) is 1. The van der Waals surface area contributed by atoms with Crippen molar-refractivity contribution in [3.8, 4) is 6.07 Å². The van der Waals surface area contributed by atoms with Gasteiger partial charge in [0.25, 0.3) is 11.6 Å². The summed E-state index contributed by atoms with van der Waals surface area (Å²) in [5, 5.41) is 29.6. The van der Waals surface area contributed by atoms with E-state index in [1.54, 1.807) is 24.3 Å². The predicted octanol–water partition coefficient (Wildman–Crippen LogP) is 2.71. The van der Waals surface area contributed by atoms with Gasteiger partial charge >= 0.3 is 0 Å². The SMILES string of the molecule is N#Cc1cc([N+](=O)[O-])ccc1NC(=O)c1ccc(CSc2n[nH]c(N)n2)cc1. The Kier molecular flexibility index (Phi) is 5.52. The van der Waals surface area contributed by atoms with Crippen LogP contribution >= 0.6 is 11.8 Å². The summed E-state index contributed by atoms with van der Waals surface area (Å²) in [6.45, 7) is 0. The van der Waals surface area contributed by atoms with Crippen LogP contribution in [0, 0.1) is 21.4 Å². The number of non-ortho nitro benzene ring substituents is 1. The van der Waals surface area contributed by atoms with Gasteiger partial charge in [-0.3, -0.25) is 14.9 Å². The van der Waals surface area contributed by atoms with E-state index in [1.807, 2.05) is 6.07 Å². The van der Waals surface area contributed by atoms with Crippen LogP contribution in [0.5, 0.6) is 0 Å². The number of nitro groups is 1. The van der Waals surface area contributed by atoms with Crippen LogP contribution in [-0.4, -0.2) is 26.0 Å². The van der Waals surface area contributed by atoms with Crippen LogP contribution in [0.1, 0.15) is 21.5 Å². The number of carbonyl (C=O) groups excluding carboxylic acids is 1. The van der Waals surface area contributed by atoms with Crippen LogP contribution in [-0.2, 0) is 5.75 Å². The maximum Gasteiger partial charge on any atom is 0.270 e. The lowest BCUT2D eigenvalue weighted by Crippen LogP contribution is -2.13. The summed E-state index contributed by atoms with van der Waals surface area (Å²) in [6, 6.07) is 12.4. The van der Waals surface area contributed by atoms with Crippen LogP contribution in [0.15, 0.2) is 47.6 Å². The van der Waals surface area contributed by atoms with E-state index in [0.29, 0.717) is 16.5 Å². The molecule has 0 saturated heterocycles. The topological polar surface area (TPSA) is 164 Å². The summed E-state index contributed by atoms with van der Waals surface area (Å²) < 4.78 is 0. The smallest absolute Gasteiger partial charge is 0.270 e. The van der Waals surface area contributed by atoms with Gasteiger partial charge in [0.05, 0.1) is 16.2 Å². The zero-order valence-electron chi connectivity index (χ0n) is 14.2. The Labute approximate surface area is 162 Å². The van der Waals surface area contributed by atoms with Gasteiger partial charge in [-0.2, -0.15) is 10.2 Å². The highest BCUT2D eigenvalue weighted by Crippen LogP contribution is 2.23. The number of H-pyrrole nitrogens is 1. The molecule has 0 radical (unpaired) electrons. The molecular formula is C17H13N7O3S. The molecule has 11 heteroatoms. The molecule has 0 aliphatic heterocycles. The molecule has 0 bridgehead atoms. The fourth-order valence-electron chi connectivity index (χ4n) is 2.26. The fourth-order valence-corrected chi connectivity index (χ4v) is 3.03. The third kappa shape index (κ3) is 4.43. The van der Waals surface area contributed by atoms with Crippen molar-refractivity contribution in [1.82, 2.24) is 15.2 Å². The average molecular weight is 395 g/mol. The zero-order chi connectivity index (χ0) is 20.1. The van der Waals surface area contributed by atoms with Gasteiger partial charge in [0, 0.05) is 23.4 Å². The van der Waals surface area contributed by atoms with Crippen molar-refractivity contribution in [2.45, 2.75) is 10.9 Å². The van der Waals surface area contributed by atoms with E-state index in [0.717, 1.165) is 11.6 Å². The highest BCUT2D eigenvalue weighted by Gasteiger charge is 2.14. The number of rotatable bonds is 6. The monoisotopic (exact) mass is 395 g/mol. The second kappa shape index (κ2) is 8.19. The third-order valence-electron chi connectivity index (χ3n) is 3.65. The van der Waals surface area contributed by atoms with Crippen molar-refractivity contribution in [2.75, 3.05) is 11.1 Å². The van der Waals surface area contributed by atoms with Crippen LogP contribution in [0.25, 0.3) is 0 Å². The minimum absolute atomic E-state index is 0.0151. The molecule has 1 heterocycles. The summed E-state index contributed by atoms with van der Waals surface area (Å²) in [7, 11) is 0. The van der Waals surface area contributed by atoms with Crippen molar-refractivity contribution in [2.24, 2.45) is 0 Å². The van der Waals surface area contributed by atoms with Gasteiger partial charge in [-0.15, -0.1) is 5.10 Å². The summed E-state index contributed by atoms with van der Waals surface area (Å²) in [6.07, 6.45) is 0. The van der Waals surface area contributed by atoms with E-state index in [2.05, 4.69) is 20.5 Å². The van der Waals surface area contributed by atoms with Crippen molar-refractivity contribution in [3.05, 3.63) is 69.3 Å². The fraction of sp³-hybridized carbons (Fsp3) is 0.0588. The quantitative estimate of drug-likeness (QED) is 0.326. The minimum atomic E-state index is -0.601. The van der Waals surface area contributed by atoms with E-state index in [4.69, 9.17) is 11.0 Å². The molecule has 1 aromatic heterocycles. The average Bonchev–Trinajstić information content (AvgIpc) is 3.12. The number of nitrogen functional groups attached to an aromatic ring is 1. The van der Waals surface area contributed by atoms with Crippen LogP contribution in [0.3, 0.4) is 0 Å². The number of amides is 1. The summed E-state index contributed by atoms with van der Waals surface area (Å²) >= 11 is 1.39. The molecule has 28 heavy (non-hydrogen) atoms. The van der Waals surface area contributed by atoms with E-state index >= 15 is 0 Å². The summed E-state index contributed by atoms with van der Waals surface area (Å²) in [5.41, 5.74) is 6.82. The molecule has 3 rings (SSSR count). The number of carbonyl (C=O) groups is 1. The lowest BCUT2D eigenvalue weighted by Gasteiger charge is -2.07. The van der Waals surface area contributed by atoms with Gasteiger partial charge < -0.3 is 11.1 Å². The minimum Gasteiger partial charge on any atom is -0.368 e. The normalized spacial score (nSPS) is 10.2. The van der Waals surface area contributed by atoms with Gasteiger partial charge in [-0.1, -0.05) is 23.9 Å². The van der Waals surface area contributed by atoms with Crippen LogP contribution < -0.4 is 11.1 Å². The molecule has 0 spiro atoms. The predicted molar refractivity (Wildman–Crippen MR) is 103 cm³/mol. The molecular weight excluding hydrogens is 382 g/mol. The van der Waals surface area contributed by atoms with Gasteiger partial charge in [-0.05, 0) is 23.8 Å². The Bertz CT molecular complexity index is 1070. The molecule has 1 amide bonds. The largest absolute Gasteiger partial charge is 0.368 e. The summed E-state index contributed by atoms with van der Waals surface area (Å²) in [5.74, 6) is 0.420. The van der Waals surface area contributed by atoms with Gasteiger partial charge in [-0.25, -0.2) is 5.10 Å². The Morgan fingerprint density at radius 2 is 2.07 bits per heavy atom. The Hall–Kier alpha value is -3.91. The number of nitriles is 1. The first kappa shape index (κ1) is 18.9. The molecule has 10 nitrogen and oxygen atoms in total. The number of aromatic nitrogens is 3. The van der Waals surface area contributed by atoms with Crippen LogP contribution in [0.2, 0.25) is 0 Å². The van der Waals surface area contributed by atoms with Gasteiger partial charge in [0.15, 0.2) is 0 Å².